The van der Waals surface area contributed by atoms with Crippen LogP contribution in [0.15, 0.2) is 48.5 Å². The van der Waals surface area contributed by atoms with E-state index >= 15 is 0 Å². The highest BCUT2D eigenvalue weighted by Crippen LogP contribution is 2.23. The molecule has 0 bridgehead atoms. The minimum Gasteiger partial charge on any atom is -0.379 e. The van der Waals surface area contributed by atoms with Gasteiger partial charge in [0.2, 0.25) is 5.91 Å². The fourth-order valence-electron chi connectivity index (χ4n) is 4.29. The second-order valence-electron chi connectivity index (χ2n) is 7.93. The van der Waals surface area contributed by atoms with E-state index in [1.54, 1.807) is 0 Å². The van der Waals surface area contributed by atoms with E-state index in [-0.39, 0.29) is 11.9 Å². The van der Waals surface area contributed by atoms with E-state index in [4.69, 9.17) is 4.74 Å². The van der Waals surface area contributed by atoms with E-state index in [1.807, 2.05) is 18.2 Å². The first-order chi connectivity index (χ1) is 13.8. The Morgan fingerprint density at radius 3 is 2.54 bits per heavy atom. The summed E-state index contributed by atoms with van der Waals surface area (Å²) in [5.41, 5.74) is 5.18. The number of aryl methyl sites for hydroxylation is 2. The minimum absolute atomic E-state index is 0.00410. The van der Waals surface area contributed by atoms with Gasteiger partial charge in [-0.15, -0.1) is 0 Å². The molecule has 4 nitrogen and oxygen atoms in total. The Hall–Kier alpha value is -2.17. The molecule has 2 aromatic rings. The number of hydrogen-bond acceptors (Lipinski definition) is 3. The number of nitrogens with zero attached hydrogens (tertiary/aromatic N) is 1. The van der Waals surface area contributed by atoms with Crippen LogP contribution >= 0.6 is 0 Å². The number of fused-ring (bicyclic) bond motifs is 1. The van der Waals surface area contributed by atoms with E-state index in [9.17, 15) is 4.79 Å². The zero-order valence-electron chi connectivity index (χ0n) is 16.5. The van der Waals surface area contributed by atoms with Crippen LogP contribution in [0.1, 0.15) is 41.1 Å². The lowest BCUT2D eigenvalue weighted by molar-refractivity contribution is -0.121. The van der Waals surface area contributed by atoms with Crippen LogP contribution in [0.5, 0.6) is 0 Å². The van der Waals surface area contributed by atoms with E-state index in [2.05, 4.69) is 40.5 Å². The van der Waals surface area contributed by atoms with Gasteiger partial charge in [0.05, 0.1) is 25.7 Å². The highest BCUT2D eigenvalue weighted by Gasteiger charge is 2.20. The highest BCUT2D eigenvalue weighted by molar-refractivity contribution is 5.79. The fourth-order valence-corrected chi connectivity index (χ4v) is 4.29. The lowest BCUT2D eigenvalue weighted by Crippen LogP contribution is -2.43. The predicted molar refractivity (Wildman–Crippen MR) is 111 cm³/mol. The standard InChI is InChI=1S/C24H30N2O2/c27-24(17-19-10-11-20-6-4-5-9-22(20)16-19)25-23(21-7-2-1-3-8-21)18-26-12-14-28-15-13-26/h1-3,7-8,10-11,16,23H,4-6,9,12-15,17-18H2,(H,25,27). The summed E-state index contributed by atoms with van der Waals surface area (Å²) in [5.74, 6) is 0.0953. The Morgan fingerprint density at radius 1 is 1.00 bits per heavy atom. The molecule has 2 aliphatic rings. The van der Waals surface area contributed by atoms with Crippen molar-refractivity contribution in [2.75, 3.05) is 32.8 Å². The summed E-state index contributed by atoms with van der Waals surface area (Å²) in [6.45, 7) is 4.20. The van der Waals surface area contributed by atoms with Crippen molar-refractivity contribution >= 4 is 5.91 Å². The highest BCUT2D eigenvalue weighted by atomic mass is 16.5. The van der Waals surface area contributed by atoms with E-state index in [1.165, 1.54) is 30.4 Å². The first kappa shape index (κ1) is 19.2. The molecule has 1 saturated heterocycles. The molecular formula is C24H30N2O2. The van der Waals surface area contributed by atoms with E-state index < -0.39 is 0 Å². The third-order valence-corrected chi connectivity index (χ3v) is 5.86. The molecule has 1 atom stereocenters. The summed E-state index contributed by atoms with van der Waals surface area (Å²) in [5, 5.41) is 3.29. The van der Waals surface area contributed by atoms with Crippen LogP contribution in [-0.2, 0) is 28.8 Å². The number of morpholine rings is 1. The van der Waals surface area contributed by atoms with Gasteiger partial charge in [0.15, 0.2) is 0 Å². The van der Waals surface area contributed by atoms with Crippen LogP contribution in [0.25, 0.3) is 0 Å². The Balaban J connectivity index is 1.42. The van der Waals surface area contributed by atoms with Gasteiger partial charge in [-0.3, -0.25) is 9.69 Å². The normalized spacial score (nSPS) is 18.3. The summed E-state index contributed by atoms with van der Waals surface area (Å²) >= 11 is 0. The van der Waals surface area contributed by atoms with Gasteiger partial charge in [0, 0.05) is 19.6 Å². The van der Waals surface area contributed by atoms with Gasteiger partial charge in [-0.2, -0.15) is 0 Å². The Labute approximate surface area is 167 Å². The zero-order valence-corrected chi connectivity index (χ0v) is 16.5. The average molecular weight is 379 g/mol. The van der Waals surface area contributed by atoms with E-state index in [0.717, 1.165) is 50.4 Å². The van der Waals surface area contributed by atoms with Crippen molar-refractivity contribution in [2.24, 2.45) is 0 Å². The quantitative estimate of drug-likeness (QED) is 0.839. The van der Waals surface area contributed by atoms with Crippen molar-refractivity contribution in [3.05, 3.63) is 70.8 Å². The SMILES string of the molecule is O=C(Cc1ccc2c(c1)CCCC2)NC(CN1CCOCC1)c1ccccc1. The molecule has 0 spiro atoms. The van der Waals surface area contributed by atoms with Crippen molar-refractivity contribution in [3.8, 4) is 0 Å². The number of rotatable bonds is 6. The van der Waals surface area contributed by atoms with Gasteiger partial charge in [-0.05, 0) is 47.9 Å². The fraction of sp³-hybridized carbons (Fsp3) is 0.458. The van der Waals surface area contributed by atoms with Gasteiger partial charge >= 0.3 is 0 Å². The number of nitrogens with one attached hydrogen (secondary N) is 1. The number of carbonyl (C=O) groups is 1. The molecule has 1 aliphatic carbocycles. The summed E-state index contributed by atoms with van der Waals surface area (Å²) in [4.78, 5) is 15.2. The third-order valence-electron chi connectivity index (χ3n) is 5.86. The summed E-state index contributed by atoms with van der Waals surface area (Å²) in [6, 6.07) is 16.9. The van der Waals surface area contributed by atoms with Crippen molar-refractivity contribution in [3.63, 3.8) is 0 Å². The smallest absolute Gasteiger partial charge is 0.224 e. The molecule has 1 fully saturated rings. The molecule has 1 unspecified atom stereocenters. The summed E-state index contributed by atoms with van der Waals surface area (Å²) < 4.78 is 5.46. The van der Waals surface area contributed by atoms with Gasteiger partial charge in [-0.25, -0.2) is 0 Å². The maximum absolute atomic E-state index is 12.9. The maximum atomic E-state index is 12.9. The monoisotopic (exact) mass is 378 g/mol. The Kier molecular flexibility index (Phi) is 6.40. The molecule has 0 radical (unpaired) electrons. The van der Waals surface area contributed by atoms with Crippen molar-refractivity contribution in [1.29, 1.82) is 0 Å². The van der Waals surface area contributed by atoms with Crippen LogP contribution in [0.2, 0.25) is 0 Å². The lowest BCUT2D eigenvalue weighted by atomic mass is 9.90. The first-order valence-electron chi connectivity index (χ1n) is 10.5. The molecule has 4 rings (SSSR count). The van der Waals surface area contributed by atoms with Crippen LogP contribution < -0.4 is 5.32 Å². The first-order valence-corrected chi connectivity index (χ1v) is 10.5. The molecule has 1 heterocycles. The molecule has 148 valence electrons. The largest absolute Gasteiger partial charge is 0.379 e. The zero-order chi connectivity index (χ0) is 19.2. The third kappa shape index (κ3) is 5.00. The van der Waals surface area contributed by atoms with Crippen LogP contribution in [0.4, 0.5) is 0 Å². The molecule has 1 amide bonds. The number of carbonyl (C=O) groups excluding carboxylic acids is 1. The van der Waals surface area contributed by atoms with Gasteiger partial charge in [0.25, 0.3) is 0 Å². The Bertz CT molecular complexity index is 784. The molecule has 2 aromatic carbocycles. The van der Waals surface area contributed by atoms with Crippen LogP contribution in [0.3, 0.4) is 0 Å². The maximum Gasteiger partial charge on any atom is 0.224 e. The average Bonchev–Trinajstić information content (AvgIpc) is 2.74. The van der Waals surface area contributed by atoms with E-state index in [0.29, 0.717) is 6.42 Å². The van der Waals surface area contributed by atoms with Gasteiger partial charge in [0.1, 0.15) is 0 Å². The molecule has 28 heavy (non-hydrogen) atoms. The second-order valence-corrected chi connectivity index (χ2v) is 7.93. The Morgan fingerprint density at radius 2 is 1.75 bits per heavy atom. The molecule has 0 aromatic heterocycles. The lowest BCUT2D eigenvalue weighted by Gasteiger charge is -2.31. The molecule has 4 heteroatoms. The molecule has 0 saturated carbocycles. The van der Waals surface area contributed by atoms with Crippen LogP contribution in [-0.4, -0.2) is 43.7 Å². The van der Waals surface area contributed by atoms with Crippen molar-refractivity contribution in [1.82, 2.24) is 10.2 Å². The molecule has 1 N–H and O–H groups in total. The van der Waals surface area contributed by atoms with Gasteiger partial charge < -0.3 is 10.1 Å². The number of hydrogen-bond donors (Lipinski definition) is 1. The second kappa shape index (κ2) is 9.35. The predicted octanol–water partition coefficient (Wildman–Crippen LogP) is 3.30. The number of amides is 1. The number of benzene rings is 2. The molecule has 1 aliphatic heterocycles. The minimum atomic E-state index is 0.00410. The summed E-state index contributed by atoms with van der Waals surface area (Å²) in [6.07, 6.45) is 5.32. The number of ether oxygens (including phenoxy) is 1. The van der Waals surface area contributed by atoms with Crippen molar-refractivity contribution in [2.45, 2.75) is 38.1 Å². The molecular weight excluding hydrogens is 348 g/mol. The summed E-state index contributed by atoms with van der Waals surface area (Å²) in [7, 11) is 0. The van der Waals surface area contributed by atoms with Crippen LogP contribution in [0, 0.1) is 0 Å². The van der Waals surface area contributed by atoms with Crippen molar-refractivity contribution < 1.29 is 9.53 Å². The van der Waals surface area contributed by atoms with Gasteiger partial charge in [-0.1, -0.05) is 48.5 Å². The topological polar surface area (TPSA) is 41.6 Å².